The molecule has 1 saturated heterocycles. The lowest BCUT2D eigenvalue weighted by Crippen LogP contribution is -2.40. The van der Waals surface area contributed by atoms with Gasteiger partial charge in [-0.3, -0.25) is 14.5 Å². The van der Waals surface area contributed by atoms with Crippen LogP contribution in [-0.4, -0.2) is 36.3 Å². The van der Waals surface area contributed by atoms with Crippen molar-refractivity contribution in [3.63, 3.8) is 0 Å². The topological polar surface area (TPSA) is 61.4 Å². The van der Waals surface area contributed by atoms with Gasteiger partial charge < -0.3 is 10.6 Å². The molecule has 0 bridgehead atoms. The number of benzene rings is 3. The van der Waals surface area contributed by atoms with E-state index in [1.54, 1.807) is 12.1 Å². The van der Waals surface area contributed by atoms with Crippen molar-refractivity contribution in [1.29, 1.82) is 0 Å². The van der Waals surface area contributed by atoms with Crippen molar-refractivity contribution in [2.45, 2.75) is 33.2 Å². The van der Waals surface area contributed by atoms with Gasteiger partial charge in [0.05, 0.1) is 17.2 Å². The van der Waals surface area contributed by atoms with E-state index in [4.69, 9.17) is 0 Å². The highest BCUT2D eigenvalue weighted by Crippen LogP contribution is 2.25. The number of amides is 2. The summed E-state index contributed by atoms with van der Waals surface area (Å²) in [5.41, 5.74) is 2.38. The first kappa shape index (κ1) is 23.0. The molecule has 2 N–H and O–H groups in total. The quantitative estimate of drug-likeness (QED) is 0.536. The fraction of sp³-hybridized carbons (Fsp3) is 0.357. The Balaban J connectivity index is 1.42. The van der Waals surface area contributed by atoms with Crippen molar-refractivity contribution >= 4 is 28.3 Å². The molecule has 4 rings (SSSR count). The summed E-state index contributed by atoms with van der Waals surface area (Å²) < 4.78 is 0. The van der Waals surface area contributed by atoms with Crippen LogP contribution in [0.25, 0.3) is 10.8 Å². The summed E-state index contributed by atoms with van der Waals surface area (Å²) >= 11 is 0. The SMILES string of the molecule is CC(C)CNC(=O)c1ccccc1NC(=O)C1CCCN(Cc2cccc3ccccc23)C1. The number of para-hydroxylation sites is 1. The number of anilines is 1. The van der Waals surface area contributed by atoms with Gasteiger partial charge in [0.1, 0.15) is 0 Å². The van der Waals surface area contributed by atoms with Crippen molar-refractivity contribution in [2.75, 3.05) is 25.0 Å². The van der Waals surface area contributed by atoms with E-state index in [2.05, 4.69) is 71.8 Å². The van der Waals surface area contributed by atoms with Gasteiger partial charge in [-0.15, -0.1) is 0 Å². The van der Waals surface area contributed by atoms with Gasteiger partial charge in [-0.25, -0.2) is 0 Å². The van der Waals surface area contributed by atoms with E-state index in [1.807, 2.05) is 12.1 Å². The van der Waals surface area contributed by atoms with E-state index in [-0.39, 0.29) is 17.7 Å². The number of nitrogens with zero attached hydrogens (tertiary/aromatic N) is 1. The van der Waals surface area contributed by atoms with Crippen LogP contribution in [0.15, 0.2) is 66.7 Å². The van der Waals surface area contributed by atoms with E-state index in [1.165, 1.54) is 16.3 Å². The minimum atomic E-state index is -0.152. The van der Waals surface area contributed by atoms with Gasteiger partial charge in [-0.1, -0.05) is 68.4 Å². The highest BCUT2D eigenvalue weighted by atomic mass is 16.2. The molecular formula is C28H33N3O2. The Hall–Kier alpha value is -3.18. The van der Waals surface area contributed by atoms with Gasteiger partial charge in [0.25, 0.3) is 5.91 Å². The predicted octanol–water partition coefficient (Wildman–Crippen LogP) is 5.08. The number of hydrogen-bond donors (Lipinski definition) is 2. The van der Waals surface area contributed by atoms with Gasteiger partial charge in [0, 0.05) is 19.6 Å². The number of piperidine rings is 1. The van der Waals surface area contributed by atoms with Crippen LogP contribution < -0.4 is 10.6 Å². The molecule has 1 heterocycles. The molecule has 2 amide bonds. The first-order valence-corrected chi connectivity index (χ1v) is 11.9. The lowest BCUT2D eigenvalue weighted by Gasteiger charge is -2.32. The monoisotopic (exact) mass is 443 g/mol. The van der Waals surface area contributed by atoms with Crippen LogP contribution in [0.5, 0.6) is 0 Å². The van der Waals surface area contributed by atoms with Crippen LogP contribution in [0.3, 0.4) is 0 Å². The van der Waals surface area contributed by atoms with Gasteiger partial charge in [0.2, 0.25) is 5.91 Å². The third-order valence-electron chi connectivity index (χ3n) is 6.25. The smallest absolute Gasteiger partial charge is 0.253 e. The summed E-state index contributed by atoms with van der Waals surface area (Å²) in [6.07, 6.45) is 1.85. The molecular weight excluding hydrogens is 410 g/mol. The molecule has 33 heavy (non-hydrogen) atoms. The lowest BCUT2D eigenvalue weighted by molar-refractivity contribution is -0.121. The molecule has 5 heteroatoms. The average Bonchev–Trinajstić information content (AvgIpc) is 2.83. The van der Waals surface area contributed by atoms with Crippen LogP contribution in [0, 0.1) is 11.8 Å². The fourth-order valence-electron chi connectivity index (χ4n) is 4.50. The Morgan fingerprint density at radius 3 is 2.61 bits per heavy atom. The lowest BCUT2D eigenvalue weighted by atomic mass is 9.95. The third-order valence-corrected chi connectivity index (χ3v) is 6.25. The molecule has 5 nitrogen and oxygen atoms in total. The Kier molecular flexibility index (Phi) is 7.40. The molecule has 1 unspecified atom stereocenters. The van der Waals surface area contributed by atoms with E-state index in [0.29, 0.717) is 23.7 Å². The molecule has 3 aromatic rings. The summed E-state index contributed by atoms with van der Waals surface area (Å²) in [6.45, 7) is 7.26. The highest BCUT2D eigenvalue weighted by Gasteiger charge is 2.27. The first-order valence-electron chi connectivity index (χ1n) is 11.9. The Morgan fingerprint density at radius 2 is 1.76 bits per heavy atom. The van der Waals surface area contributed by atoms with Gasteiger partial charge in [0.15, 0.2) is 0 Å². The standard InChI is InChI=1S/C28H33N3O2/c1-20(2)17-29-28(33)25-14-5-6-15-26(25)30-27(32)23-12-8-16-31(19-23)18-22-11-7-10-21-9-3-4-13-24(21)22/h3-7,9-11,13-15,20,23H,8,12,16-19H2,1-2H3,(H,29,33)(H,30,32). The normalized spacial score (nSPS) is 16.6. The average molecular weight is 444 g/mol. The number of fused-ring (bicyclic) bond motifs is 1. The molecule has 0 aliphatic carbocycles. The second-order valence-corrected chi connectivity index (χ2v) is 9.35. The molecule has 1 atom stereocenters. The van der Waals surface area contributed by atoms with E-state index in [9.17, 15) is 9.59 Å². The zero-order chi connectivity index (χ0) is 23.2. The largest absolute Gasteiger partial charge is 0.352 e. The van der Waals surface area contributed by atoms with Crippen LogP contribution in [0.2, 0.25) is 0 Å². The van der Waals surface area contributed by atoms with Crippen LogP contribution in [0.1, 0.15) is 42.6 Å². The highest BCUT2D eigenvalue weighted by molar-refractivity contribution is 6.04. The van der Waals surface area contributed by atoms with Crippen molar-refractivity contribution in [2.24, 2.45) is 11.8 Å². The van der Waals surface area contributed by atoms with Crippen molar-refractivity contribution < 1.29 is 9.59 Å². The number of rotatable bonds is 7. The molecule has 1 fully saturated rings. The maximum absolute atomic E-state index is 13.1. The van der Waals surface area contributed by atoms with Gasteiger partial charge >= 0.3 is 0 Å². The summed E-state index contributed by atoms with van der Waals surface area (Å²) in [4.78, 5) is 28.1. The number of carbonyl (C=O) groups is 2. The second kappa shape index (κ2) is 10.6. The third kappa shape index (κ3) is 5.79. The van der Waals surface area contributed by atoms with E-state index < -0.39 is 0 Å². The van der Waals surface area contributed by atoms with Crippen LogP contribution in [0.4, 0.5) is 5.69 Å². The van der Waals surface area contributed by atoms with E-state index in [0.717, 1.165) is 32.5 Å². The Labute approximate surface area is 196 Å². The molecule has 1 aliphatic heterocycles. The molecule has 0 aromatic heterocycles. The van der Waals surface area contributed by atoms with Crippen molar-refractivity contribution in [3.05, 3.63) is 77.9 Å². The Bertz CT molecular complexity index is 1120. The van der Waals surface area contributed by atoms with Gasteiger partial charge in [-0.05, 0) is 53.8 Å². The minimum absolute atomic E-state index is 0.0123. The summed E-state index contributed by atoms with van der Waals surface area (Å²) in [7, 11) is 0. The molecule has 1 aliphatic rings. The second-order valence-electron chi connectivity index (χ2n) is 9.35. The molecule has 3 aromatic carbocycles. The minimum Gasteiger partial charge on any atom is -0.352 e. The summed E-state index contributed by atoms with van der Waals surface area (Å²) in [5.74, 6) is 0.105. The summed E-state index contributed by atoms with van der Waals surface area (Å²) in [5, 5.41) is 8.49. The van der Waals surface area contributed by atoms with Gasteiger partial charge in [-0.2, -0.15) is 0 Å². The fourth-order valence-corrected chi connectivity index (χ4v) is 4.50. The van der Waals surface area contributed by atoms with E-state index >= 15 is 0 Å². The molecule has 0 saturated carbocycles. The number of likely N-dealkylation sites (tertiary alicyclic amines) is 1. The zero-order valence-electron chi connectivity index (χ0n) is 19.5. The maximum atomic E-state index is 13.1. The predicted molar refractivity (Wildman–Crippen MR) is 134 cm³/mol. The number of hydrogen-bond acceptors (Lipinski definition) is 3. The number of nitrogens with one attached hydrogen (secondary N) is 2. The maximum Gasteiger partial charge on any atom is 0.253 e. The Morgan fingerprint density at radius 1 is 1.00 bits per heavy atom. The molecule has 0 spiro atoms. The van der Waals surface area contributed by atoms with Crippen LogP contribution in [-0.2, 0) is 11.3 Å². The summed E-state index contributed by atoms with van der Waals surface area (Å²) in [6, 6.07) is 22.1. The van der Waals surface area contributed by atoms with Crippen LogP contribution >= 0.6 is 0 Å². The first-order chi connectivity index (χ1) is 16.0. The molecule has 172 valence electrons. The molecule has 0 radical (unpaired) electrons. The van der Waals surface area contributed by atoms with Crippen molar-refractivity contribution in [1.82, 2.24) is 10.2 Å². The number of carbonyl (C=O) groups excluding carboxylic acids is 2. The van der Waals surface area contributed by atoms with Crippen molar-refractivity contribution in [3.8, 4) is 0 Å². The zero-order valence-corrected chi connectivity index (χ0v) is 19.5.